The van der Waals surface area contributed by atoms with E-state index in [-0.39, 0.29) is 41.7 Å². The quantitative estimate of drug-likeness (QED) is 0.237. The van der Waals surface area contributed by atoms with E-state index in [4.69, 9.17) is 13.9 Å². The Kier molecular flexibility index (Phi) is 5.73. The molecule has 6 rings (SSSR count). The van der Waals surface area contributed by atoms with Crippen molar-refractivity contribution in [1.82, 2.24) is 0 Å². The molecule has 198 valence electrons. The number of allylic oxidation sites excluding steroid dienone is 2. The van der Waals surface area contributed by atoms with Crippen molar-refractivity contribution in [3.05, 3.63) is 72.8 Å². The number of carbonyl (C=O) groups is 3. The summed E-state index contributed by atoms with van der Waals surface area (Å²) < 4.78 is 18.6. The number of esters is 1. The molecule has 2 aromatic rings. The SMILES string of the molecule is CC(=O)OC[C@]12C(=O)[C@@H]3O[C@]3(CO[Si](c3ccccc3)(c3ccccc3)C(C)(C)C)C(=O)[C@H]1[C@H]1C=C[C@@H]2C1. The lowest BCUT2D eigenvalue weighted by Crippen LogP contribution is -2.68. The summed E-state index contributed by atoms with van der Waals surface area (Å²) >= 11 is 0. The molecule has 0 N–H and O–H groups in total. The van der Waals surface area contributed by atoms with E-state index in [0.717, 1.165) is 16.8 Å². The highest BCUT2D eigenvalue weighted by molar-refractivity contribution is 6.99. The summed E-state index contributed by atoms with van der Waals surface area (Å²) in [5.74, 6) is -1.38. The molecule has 4 aliphatic rings. The standard InChI is InChI=1S/C31H34O6Si/c1-20(32)35-18-30-22-16-15-21(17-22)25(30)26(33)31(28(37-31)27(30)34)19-36-38(29(2,3)4,23-11-7-5-8-12-23)24-13-9-6-10-14-24/h5-16,21-22,25,28H,17-19H2,1-4H3/t21-,22+,25+,28-,30+,31+/m0/s1. The van der Waals surface area contributed by atoms with Crippen LogP contribution in [0.3, 0.4) is 0 Å². The average Bonchev–Trinajstić information content (AvgIpc) is 3.31. The van der Waals surface area contributed by atoms with Crippen LogP contribution in [0.15, 0.2) is 72.8 Å². The van der Waals surface area contributed by atoms with Gasteiger partial charge in [0.25, 0.3) is 8.32 Å². The van der Waals surface area contributed by atoms with Gasteiger partial charge in [0.05, 0.1) is 12.0 Å². The molecule has 38 heavy (non-hydrogen) atoms. The lowest BCUT2D eigenvalue weighted by molar-refractivity contribution is -0.159. The number of carbonyl (C=O) groups excluding carboxylic acids is 3. The highest BCUT2D eigenvalue weighted by atomic mass is 28.4. The van der Waals surface area contributed by atoms with E-state index in [2.05, 4.69) is 45.0 Å². The van der Waals surface area contributed by atoms with Crippen molar-refractivity contribution in [2.24, 2.45) is 23.2 Å². The van der Waals surface area contributed by atoms with Crippen molar-refractivity contribution < 1.29 is 28.3 Å². The van der Waals surface area contributed by atoms with E-state index < -0.39 is 37.3 Å². The van der Waals surface area contributed by atoms with E-state index in [1.54, 1.807) is 0 Å². The molecule has 0 aromatic heterocycles. The second kappa shape index (κ2) is 8.56. The minimum Gasteiger partial charge on any atom is -0.465 e. The number of hydrogen-bond donors (Lipinski definition) is 0. The first-order chi connectivity index (χ1) is 18.1. The van der Waals surface area contributed by atoms with Crippen LogP contribution >= 0.6 is 0 Å². The molecule has 2 bridgehead atoms. The first-order valence-electron chi connectivity index (χ1n) is 13.4. The highest BCUT2D eigenvalue weighted by Crippen LogP contribution is 2.65. The van der Waals surface area contributed by atoms with Gasteiger partial charge in [0, 0.05) is 12.8 Å². The number of ether oxygens (including phenoxy) is 2. The van der Waals surface area contributed by atoms with Gasteiger partial charge in [-0.2, -0.15) is 0 Å². The molecule has 2 aromatic carbocycles. The predicted molar refractivity (Wildman–Crippen MR) is 144 cm³/mol. The van der Waals surface area contributed by atoms with Gasteiger partial charge in [-0.05, 0) is 33.7 Å². The van der Waals surface area contributed by atoms with Gasteiger partial charge in [-0.25, -0.2) is 0 Å². The van der Waals surface area contributed by atoms with Gasteiger partial charge >= 0.3 is 5.97 Å². The summed E-state index contributed by atoms with van der Waals surface area (Å²) in [7, 11) is -2.93. The molecular weight excluding hydrogens is 496 g/mol. The third-order valence-corrected chi connectivity index (χ3v) is 14.3. The van der Waals surface area contributed by atoms with Crippen LogP contribution in [0.1, 0.15) is 34.1 Å². The lowest BCUT2D eigenvalue weighted by Gasteiger charge is -2.45. The molecule has 6 nitrogen and oxygen atoms in total. The molecule has 0 amide bonds. The Labute approximate surface area is 224 Å². The monoisotopic (exact) mass is 530 g/mol. The van der Waals surface area contributed by atoms with Gasteiger partial charge in [-0.1, -0.05) is 93.6 Å². The Morgan fingerprint density at radius 1 is 0.947 bits per heavy atom. The number of rotatable bonds is 7. The Morgan fingerprint density at radius 2 is 1.55 bits per heavy atom. The molecule has 0 radical (unpaired) electrons. The maximum absolute atomic E-state index is 14.3. The van der Waals surface area contributed by atoms with Crippen molar-refractivity contribution >= 4 is 36.2 Å². The first-order valence-corrected chi connectivity index (χ1v) is 15.3. The summed E-state index contributed by atoms with van der Waals surface area (Å²) in [5.41, 5.74) is -2.32. The van der Waals surface area contributed by atoms with Crippen LogP contribution < -0.4 is 10.4 Å². The zero-order valence-corrected chi connectivity index (χ0v) is 23.3. The molecule has 1 saturated heterocycles. The fourth-order valence-electron chi connectivity index (χ4n) is 7.52. The second-order valence-corrected chi connectivity index (χ2v) is 16.6. The topological polar surface area (TPSA) is 82.2 Å². The van der Waals surface area contributed by atoms with E-state index in [9.17, 15) is 14.4 Å². The van der Waals surface area contributed by atoms with Gasteiger partial charge in [0.2, 0.25) is 0 Å². The van der Waals surface area contributed by atoms with Crippen molar-refractivity contribution in [3.8, 4) is 0 Å². The molecule has 0 unspecified atom stereocenters. The summed E-state index contributed by atoms with van der Waals surface area (Å²) in [6, 6.07) is 20.5. The molecule has 0 spiro atoms. The normalized spacial score (nSPS) is 33.2. The van der Waals surface area contributed by atoms with Crippen LogP contribution in [-0.4, -0.2) is 50.8 Å². The van der Waals surface area contributed by atoms with E-state index >= 15 is 0 Å². The lowest BCUT2D eigenvalue weighted by atomic mass is 9.58. The predicted octanol–water partition coefficient (Wildman–Crippen LogP) is 3.22. The largest absolute Gasteiger partial charge is 0.465 e. The second-order valence-electron chi connectivity index (χ2n) is 12.3. The maximum Gasteiger partial charge on any atom is 0.302 e. The summed E-state index contributed by atoms with van der Waals surface area (Å²) in [6.45, 7) is 7.83. The molecular formula is C31H34O6Si. The Bertz CT molecular complexity index is 1280. The smallest absolute Gasteiger partial charge is 0.302 e. The van der Waals surface area contributed by atoms with Crippen molar-refractivity contribution in [2.75, 3.05) is 13.2 Å². The molecule has 2 saturated carbocycles. The summed E-state index contributed by atoms with van der Waals surface area (Å²) in [6.07, 6.45) is 3.92. The maximum atomic E-state index is 14.3. The van der Waals surface area contributed by atoms with Gasteiger partial charge < -0.3 is 13.9 Å². The van der Waals surface area contributed by atoms with E-state index in [1.165, 1.54) is 6.92 Å². The number of fused-ring (bicyclic) bond motifs is 6. The fraction of sp³-hybridized carbons (Fsp3) is 0.452. The first kappa shape index (κ1) is 25.4. The van der Waals surface area contributed by atoms with Crippen LogP contribution in [-0.2, 0) is 28.3 Å². The summed E-state index contributed by atoms with van der Waals surface area (Å²) in [5, 5.41) is 1.94. The van der Waals surface area contributed by atoms with Crippen LogP contribution in [0.2, 0.25) is 5.04 Å². The average molecular weight is 531 g/mol. The van der Waals surface area contributed by atoms with Crippen LogP contribution in [0, 0.1) is 23.2 Å². The van der Waals surface area contributed by atoms with Gasteiger partial charge in [-0.15, -0.1) is 0 Å². The number of ketones is 2. The number of hydrogen-bond acceptors (Lipinski definition) is 6. The fourth-order valence-corrected chi connectivity index (χ4v) is 12.1. The zero-order valence-electron chi connectivity index (χ0n) is 22.3. The third-order valence-electron chi connectivity index (χ3n) is 9.29. The van der Waals surface area contributed by atoms with Crippen LogP contribution in [0.4, 0.5) is 0 Å². The zero-order chi connectivity index (χ0) is 26.9. The van der Waals surface area contributed by atoms with Gasteiger partial charge in [-0.3, -0.25) is 14.4 Å². The van der Waals surface area contributed by atoms with Crippen molar-refractivity contribution in [1.29, 1.82) is 0 Å². The highest BCUT2D eigenvalue weighted by Gasteiger charge is 2.81. The van der Waals surface area contributed by atoms with Crippen molar-refractivity contribution in [3.63, 3.8) is 0 Å². The molecule has 1 aliphatic heterocycles. The van der Waals surface area contributed by atoms with Crippen molar-refractivity contribution in [2.45, 2.75) is 50.9 Å². The molecule has 6 atom stereocenters. The number of benzene rings is 2. The van der Waals surface area contributed by atoms with Gasteiger partial charge in [0.1, 0.15) is 6.61 Å². The Hall–Kier alpha value is -2.87. The third kappa shape index (κ3) is 3.34. The minimum absolute atomic E-state index is 0.0246. The van der Waals surface area contributed by atoms with Crippen LogP contribution in [0.25, 0.3) is 0 Å². The van der Waals surface area contributed by atoms with E-state index in [0.29, 0.717) is 0 Å². The number of Topliss-reactive ketones (excluding diaryl/α,β-unsaturated/α-hetero) is 2. The molecule has 1 heterocycles. The minimum atomic E-state index is -2.93. The van der Waals surface area contributed by atoms with Gasteiger partial charge in [0.15, 0.2) is 23.3 Å². The summed E-state index contributed by atoms with van der Waals surface area (Å²) in [4.78, 5) is 40.0. The number of epoxide rings is 1. The molecule has 7 heteroatoms. The van der Waals surface area contributed by atoms with Crippen LogP contribution in [0.5, 0.6) is 0 Å². The van der Waals surface area contributed by atoms with E-state index in [1.807, 2.05) is 48.6 Å². The Balaban J connectivity index is 1.39. The Morgan fingerprint density at radius 3 is 2.11 bits per heavy atom. The molecule has 3 aliphatic carbocycles. The molecule has 3 fully saturated rings.